The highest BCUT2D eigenvalue weighted by atomic mass is 35.5. The molecule has 0 amide bonds. The number of carbonyl (C=O) groups is 1. The van der Waals surface area contributed by atoms with Gasteiger partial charge in [-0.2, -0.15) is 5.10 Å². The summed E-state index contributed by atoms with van der Waals surface area (Å²) in [7, 11) is 0. The monoisotopic (exact) mass is 434 g/mol. The first-order chi connectivity index (χ1) is 15.1. The van der Waals surface area contributed by atoms with Gasteiger partial charge in [-0.05, 0) is 30.7 Å². The van der Waals surface area contributed by atoms with E-state index in [2.05, 4.69) is 15.3 Å². The van der Waals surface area contributed by atoms with E-state index in [9.17, 15) is 4.79 Å². The molecule has 2 aromatic carbocycles. The number of aryl methyl sites for hydroxylation is 1. The lowest BCUT2D eigenvalue weighted by Crippen LogP contribution is -2.02. The van der Waals surface area contributed by atoms with Crippen LogP contribution in [-0.4, -0.2) is 25.9 Å². The van der Waals surface area contributed by atoms with Crippen LogP contribution in [0.5, 0.6) is 0 Å². The van der Waals surface area contributed by atoms with Crippen molar-refractivity contribution in [3.8, 4) is 11.5 Å². The smallest absolute Gasteiger partial charge is 0.331 e. The Morgan fingerprint density at radius 1 is 1.10 bits per heavy atom. The van der Waals surface area contributed by atoms with Crippen molar-refractivity contribution in [3.63, 3.8) is 0 Å². The topological polar surface area (TPSA) is 83.0 Å². The number of hydrogen-bond acceptors (Lipinski definition) is 6. The van der Waals surface area contributed by atoms with E-state index in [0.29, 0.717) is 23.2 Å². The van der Waals surface area contributed by atoms with Gasteiger partial charge in [0.05, 0.1) is 12.2 Å². The zero-order valence-electron chi connectivity index (χ0n) is 16.7. The Labute approximate surface area is 183 Å². The molecule has 0 aliphatic rings. The summed E-state index contributed by atoms with van der Waals surface area (Å²) in [6, 6.07) is 19.2. The zero-order chi connectivity index (χ0) is 21.6. The van der Waals surface area contributed by atoms with Gasteiger partial charge in [-0.1, -0.05) is 60.1 Å². The van der Waals surface area contributed by atoms with Gasteiger partial charge in [0.15, 0.2) is 6.61 Å². The van der Waals surface area contributed by atoms with Gasteiger partial charge in [-0.15, -0.1) is 10.2 Å². The van der Waals surface area contributed by atoms with E-state index in [1.807, 2.05) is 67.6 Å². The first kappa shape index (κ1) is 20.6. The SMILES string of the molecule is Cc1nn(Cc2ccccc2)c(Cl)c1C=CC(=O)OCc1nnc(-c2ccccc2)o1. The zero-order valence-corrected chi connectivity index (χ0v) is 17.5. The van der Waals surface area contributed by atoms with Crippen LogP contribution < -0.4 is 0 Å². The number of rotatable bonds is 7. The maximum atomic E-state index is 12.1. The van der Waals surface area contributed by atoms with Crippen LogP contribution in [0.15, 0.2) is 71.2 Å². The van der Waals surface area contributed by atoms with Gasteiger partial charge in [0.25, 0.3) is 5.89 Å². The Morgan fingerprint density at radius 3 is 2.55 bits per heavy atom. The lowest BCUT2D eigenvalue weighted by Gasteiger charge is -2.03. The summed E-state index contributed by atoms with van der Waals surface area (Å²) in [6.45, 7) is 2.25. The highest BCUT2D eigenvalue weighted by Gasteiger charge is 2.13. The molecule has 8 heteroatoms. The molecule has 0 spiro atoms. The molecular formula is C23H19ClN4O3. The Balaban J connectivity index is 1.37. The fourth-order valence-electron chi connectivity index (χ4n) is 2.96. The maximum Gasteiger partial charge on any atom is 0.331 e. The molecule has 31 heavy (non-hydrogen) atoms. The molecule has 0 unspecified atom stereocenters. The molecule has 2 heterocycles. The molecule has 0 aliphatic carbocycles. The summed E-state index contributed by atoms with van der Waals surface area (Å²) < 4.78 is 12.4. The van der Waals surface area contributed by atoms with Crippen molar-refractivity contribution in [2.45, 2.75) is 20.1 Å². The predicted molar refractivity (Wildman–Crippen MR) is 116 cm³/mol. The summed E-state index contributed by atoms with van der Waals surface area (Å²) in [6.07, 6.45) is 2.90. The Kier molecular flexibility index (Phi) is 6.24. The van der Waals surface area contributed by atoms with Crippen molar-refractivity contribution in [1.29, 1.82) is 0 Å². The van der Waals surface area contributed by atoms with E-state index >= 15 is 0 Å². The van der Waals surface area contributed by atoms with Crippen LogP contribution in [0.25, 0.3) is 17.5 Å². The van der Waals surface area contributed by atoms with Gasteiger partial charge in [-0.25, -0.2) is 9.48 Å². The van der Waals surface area contributed by atoms with Crippen LogP contribution in [0.4, 0.5) is 0 Å². The third-order valence-electron chi connectivity index (χ3n) is 4.50. The van der Waals surface area contributed by atoms with Gasteiger partial charge >= 0.3 is 5.97 Å². The average Bonchev–Trinajstić information content (AvgIpc) is 3.37. The van der Waals surface area contributed by atoms with Crippen LogP contribution in [0, 0.1) is 6.92 Å². The summed E-state index contributed by atoms with van der Waals surface area (Å²) in [5, 5.41) is 12.8. The summed E-state index contributed by atoms with van der Waals surface area (Å²) in [4.78, 5) is 12.1. The highest BCUT2D eigenvalue weighted by Crippen LogP contribution is 2.22. The van der Waals surface area contributed by atoms with E-state index in [1.165, 1.54) is 6.08 Å². The molecule has 7 nitrogen and oxygen atoms in total. The van der Waals surface area contributed by atoms with Gasteiger partial charge in [-0.3, -0.25) is 0 Å². The lowest BCUT2D eigenvalue weighted by molar-refractivity contribution is -0.139. The van der Waals surface area contributed by atoms with Crippen molar-refractivity contribution < 1.29 is 13.9 Å². The second-order valence-corrected chi connectivity index (χ2v) is 7.10. The number of hydrogen-bond donors (Lipinski definition) is 0. The van der Waals surface area contributed by atoms with E-state index in [0.717, 1.165) is 16.8 Å². The molecule has 2 aromatic heterocycles. The minimum Gasteiger partial charge on any atom is -0.452 e. The Morgan fingerprint density at radius 2 is 1.81 bits per heavy atom. The molecule has 0 radical (unpaired) electrons. The average molecular weight is 435 g/mol. The summed E-state index contributed by atoms with van der Waals surface area (Å²) >= 11 is 6.46. The predicted octanol–water partition coefficient (Wildman–Crippen LogP) is 4.70. The van der Waals surface area contributed by atoms with Crippen LogP contribution in [-0.2, 0) is 22.7 Å². The fourth-order valence-corrected chi connectivity index (χ4v) is 3.26. The highest BCUT2D eigenvalue weighted by molar-refractivity contribution is 6.31. The molecule has 0 bridgehead atoms. The molecule has 4 rings (SSSR count). The normalized spacial score (nSPS) is 11.2. The van der Waals surface area contributed by atoms with Gasteiger partial charge in [0.1, 0.15) is 5.15 Å². The largest absolute Gasteiger partial charge is 0.452 e. The van der Waals surface area contributed by atoms with Crippen LogP contribution in [0.1, 0.15) is 22.7 Å². The van der Waals surface area contributed by atoms with Crippen molar-refractivity contribution in [1.82, 2.24) is 20.0 Å². The second-order valence-electron chi connectivity index (χ2n) is 6.74. The minimum atomic E-state index is -0.550. The van der Waals surface area contributed by atoms with Crippen molar-refractivity contribution in [2.75, 3.05) is 0 Å². The number of esters is 1. The third-order valence-corrected chi connectivity index (χ3v) is 4.89. The van der Waals surface area contributed by atoms with E-state index < -0.39 is 5.97 Å². The first-order valence-corrected chi connectivity index (χ1v) is 9.97. The Hall–Kier alpha value is -3.71. The van der Waals surface area contributed by atoms with Crippen LogP contribution in [0.2, 0.25) is 5.15 Å². The number of aromatic nitrogens is 4. The quantitative estimate of drug-likeness (QED) is 0.309. The maximum absolute atomic E-state index is 12.1. The third kappa shape index (κ3) is 5.07. The molecule has 0 N–H and O–H groups in total. The molecule has 0 atom stereocenters. The van der Waals surface area contributed by atoms with Crippen LogP contribution >= 0.6 is 11.6 Å². The summed E-state index contributed by atoms with van der Waals surface area (Å²) in [5.41, 5.74) is 3.26. The van der Waals surface area contributed by atoms with Crippen LogP contribution in [0.3, 0.4) is 0 Å². The molecule has 156 valence electrons. The Bertz CT molecular complexity index is 1200. The van der Waals surface area contributed by atoms with E-state index in [-0.39, 0.29) is 12.5 Å². The standard InChI is InChI=1S/C23H19ClN4O3/c1-16-19(22(24)28(27-16)14-17-8-4-2-5-9-17)12-13-21(29)30-15-20-25-26-23(31-20)18-10-6-3-7-11-18/h2-13H,14-15H2,1H3. The number of carbonyl (C=O) groups excluding carboxylic acids is 1. The first-order valence-electron chi connectivity index (χ1n) is 9.59. The van der Waals surface area contributed by atoms with Crippen molar-refractivity contribution in [3.05, 3.63) is 94.6 Å². The lowest BCUT2D eigenvalue weighted by atomic mass is 10.2. The second kappa shape index (κ2) is 9.40. The number of nitrogens with zero attached hydrogens (tertiary/aromatic N) is 4. The summed E-state index contributed by atoms with van der Waals surface area (Å²) in [5.74, 6) is 0.0339. The van der Waals surface area contributed by atoms with Crippen molar-refractivity contribution in [2.24, 2.45) is 0 Å². The van der Waals surface area contributed by atoms with Gasteiger partial charge < -0.3 is 9.15 Å². The molecule has 0 saturated carbocycles. The molecule has 0 fully saturated rings. The molecule has 0 saturated heterocycles. The van der Waals surface area contributed by atoms with Gasteiger partial charge in [0, 0.05) is 17.2 Å². The number of benzene rings is 2. The minimum absolute atomic E-state index is 0.122. The molecule has 4 aromatic rings. The number of ether oxygens (including phenoxy) is 1. The van der Waals surface area contributed by atoms with E-state index in [1.54, 1.807) is 10.8 Å². The molecule has 0 aliphatic heterocycles. The fraction of sp³-hybridized carbons (Fsp3) is 0.130. The number of halogens is 1. The van der Waals surface area contributed by atoms with Crippen molar-refractivity contribution >= 4 is 23.6 Å². The van der Waals surface area contributed by atoms with E-state index in [4.69, 9.17) is 20.8 Å². The van der Waals surface area contributed by atoms with Gasteiger partial charge in [0.2, 0.25) is 5.89 Å². The molecular weight excluding hydrogens is 416 g/mol.